The summed E-state index contributed by atoms with van der Waals surface area (Å²) in [4.78, 5) is 24.9. The molecule has 3 rings (SSSR count). The van der Waals surface area contributed by atoms with Gasteiger partial charge in [0.25, 0.3) is 5.91 Å². The van der Waals surface area contributed by atoms with E-state index < -0.39 is 11.7 Å². The van der Waals surface area contributed by atoms with Crippen LogP contribution in [0.2, 0.25) is 5.02 Å². The molecule has 4 nitrogen and oxygen atoms in total. The van der Waals surface area contributed by atoms with Crippen LogP contribution in [0, 0.1) is 5.82 Å². The number of carbonyl (C=O) groups excluding carboxylic acids is 2. The van der Waals surface area contributed by atoms with E-state index in [1.54, 1.807) is 18.2 Å². The van der Waals surface area contributed by atoms with Crippen LogP contribution in [-0.4, -0.2) is 17.1 Å². The standard InChI is InChI=1S/C16H12ClFN2O2S/c1-8-15(21)20-13-6-9(2-5-14(13)23-8)16(22)19-12-7-10(17)3-4-11(12)18/h2-8H,1H3,(H,19,22)(H,20,21). The van der Waals surface area contributed by atoms with E-state index in [1.807, 2.05) is 6.92 Å². The number of anilines is 2. The summed E-state index contributed by atoms with van der Waals surface area (Å²) in [6.07, 6.45) is 0. The maximum atomic E-state index is 13.7. The zero-order chi connectivity index (χ0) is 16.6. The van der Waals surface area contributed by atoms with Crippen molar-refractivity contribution in [1.29, 1.82) is 0 Å². The third kappa shape index (κ3) is 3.33. The van der Waals surface area contributed by atoms with Gasteiger partial charge in [-0.05, 0) is 43.3 Å². The summed E-state index contributed by atoms with van der Waals surface area (Å²) >= 11 is 7.23. The molecule has 118 valence electrons. The summed E-state index contributed by atoms with van der Waals surface area (Å²) in [6, 6.07) is 8.89. The summed E-state index contributed by atoms with van der Waals surface area (Å²) in [7, 11) is 0. The van der Waals surface area contributed by atoms with E-state index in [-0.39, 0.29) is 16.8 Å². The second-order valence-electron chi connectivity index (χ2n) is 5.04. The average molecular weight is 351 g/mol. The molecule has 23 heavy (non-hydrogen) atoms. The van der Waals surface area contributed by atoms with Crippen molar-refractivity contribution in [2.24, 2.45) is 0 Å². The molecule has 1 aliphatic rings. The van der Waals surface area contributed by atoms with E-state index >= 15 is 0 Å². The summed E-state index contributed by atoms with van der Waals surface area (Å²) < 4.78 is 13.7. The van der Waals surface area contributed by atoms with Crippen LogP contribution in [0.25, 0.3) is 0 Å². The number of carbonyl (C=O) groups is 2. The van der Waals surface area contributed by atoms with Crippen molar-refractivity contribution in [2.45, 2.75) is 17.1 Å². The van der Waals surface area contributed by atoms with Crippen molar-refractivity contribution in [1.82, 2.24) is 0 Å². The van der Waals surface area contributed by atoms with E-state index in [9.17, 15) is 14.0 Å². The van der Waals surface area contributed by atoms with Crippen LogP contribution in [0.15, 0.2) is 41.3 Å². The van der Waals surface area contributed by atoms with Crippen LogP contribution >= 0.6 is 23.4 Å². The van der Waals surface area contributed by atoms with Gasteiger partial charge in [-0.2, -0.15) is 0 Å². The molecular weight excluding hydrogens is 339 g/mol. The van der Waals surface area contributed by atoms with Crippen LogP contribution in [0.3, 0.4) is 0 Å². The van der Waals surface area contributed by atoms with Crippen LogP contribution in [-0.2, 0) is 4.79 Å². The smallest absolute Gasteiger partial charge is 0.255 e. The van der Waals surface area contributed by atoms with Gasteiger partial charge in [-0.3, -0.25) is 9.59 Å². The molecule has 2 amide bonds. The topological polar surface area (TPSA) is 58.2 Å². The van der Waals surface area contributed by atoms with Crippen molar-refractivity contribution in [3.63, 3.8) is 0 Å². The molecule has 2 aromatic rings. The van der Waals surface area contributed by atoms with E-state index in [2.05, 4.69) is 10.6 Å². The summed E-state index contributed by atoms with van der Waals surface area (Å²) in [5.74, 6) is -1.16. The second kappa shape index (κ2) is 6.22. The number of nitrogens with one attached hydrogen (secondary N) is 2. The highest BCUT2D eigenvalue weighted by atomic mass is 35.5. The van der Waals surface area contributed by atoms with Gasteiger partial charge in [0, 0.05) is 15.5 Å². The number of fused-ring (bicyclic) bond motifs is 1. The van der Waals surface area contributed by atoms with Crippen LogP contribution in [0.5, 0.6) is 0 Å². The van der Waals surface area contributed by atoms with Gasteiger partial charge >= 0.3 is 0 Å². The van der Waals surface area contributed by atoms with Crippen LogP contribution in [0.1, 0.15) is 17.3 Å². The SMILES string of the molecule is CC1Sc2ccc(C(=O)Nc3cc(Cl)ccc3F)cc2NC1=O. The minimum Gasteiger partial charge on any atom is -0.324 e. The monoisotopic (exact) mass is 350 g/mol. The number of rotatable bonds is 2. The number of hydrogen-bond donors (Lipinski definition) is 2. The van der Waals surface area contributed by atoms with Crippen LogP contribution < -0.4 is 10.6 Å². The lowest BCUT2D eigenvalue weighted by atomic mass is 10.1. The maximum absolute atomic E-state index is 13.7. The highest BCUT2D eigenvalue weighted by Crippen LogP contribution is 2.36. The molecule has 0 aromatic heterocycles. The minimum absolute atomic E-state index is 0.00672. The Labute approximate surface area is 141 Å². The summed E-state index contributed by atoms with van der Waals surface area (Å²) in [5.41, 5.74) is 0.906. The van der Waals surface area contributed by atoms with Crippen molar-refractivity contribution in [3.8, 4) is 0 Å². The molecule has 2 aromatic carbocycles. The van der Waals surface area contributed by atoms with Gasteiger partial charge in [-0.25, -0.2) is 4.39 Å². The number of halogens is 2. The van der Waals surface area contributed by atoms with E-state index in [0.29, 0.717) is 16.3 Å². The fraction of sp³-hybridized carbons (Fsp3) is 0.125. The normalized spacial score (nSPS) is 16.5. The molecule has 0 bridgehead atoms. The molecule has 2 N–H and O–H groups in total. The molecule has 1 aliphatic heterocycles. The van der Waals surface area contributed by atoms with Gasteiger partial charge in [0.05, 0.1) is 16.6 Å². The molecule has 0 saturated carbocycles. The van der Waals surface area contributed by atoms with Gasteiger partial charge in [-0.15, -0.1) is 11.8 Å². The Hall–Kier alpha value is -2.05. The van der Waals surface area contributed by atoms with Crippen molar-refractivity contribution < 1.29 is 14.0 Å². The highest BCUT2D eigenvalue weighted by molar-refractivity contribution is 8.00. The lowest BCUT2D eigenvalue weighted by molar-refractivity contribution is -0.115. The quantitative estimate of drug-likeness (QED) is 0.854. The average Bonchev–Trinajstić information content (AvgIpc) is 2.51. The Morgan fingerprint density at radius 2 is 2.09 bits per heavy atom. The van der Waals surface area contributed by atoms with Gasteiger partial charge in [0.2, 0.25) is 5.91 Å². The van der Waals surface area contributed by atoms with Gasteiger partial charge < -0.3 is 10.6 Å². The molecule has 0 radical (unpaired) electrons. The Morgan fingerprint density at radius 1 is 1.30 bits per heavy atom. The number of thioether (sulfide) groups is 1. The molecule has 1 unspecified atom stereocenters. The van der Waals surface area contributed by atoms with E-state index in [0.717, 1.165) is 4.90 Å². The molecule has 1 atom stereocenters. The van der Waals surface area contributed by atoms with E-state index in [1.165, 1.54) is 30.0 Å². The van der Waals surface area contributed by atoms with Crippen molar-refractivity contribution in [2.75, 3.05) is 10.6 Å². The fourth-order valence-electron chi connectivity index (χ4n) is 2.14. The first-order valence-corrected chi connectivity index (χ1v) is 8.08. The first kappa shape index (κ1) is 15.8. The van der Waals surface area contributed by atoms with Gasteiger partial charge in [-0.1, -0.05) is 11.6 Å². The van der Waals surface area contributed by atoms with Gasteiger partial charge in [0.1, 0.15) is 5.82 Å². The fourth-order valence-corrected chi connectivity index (χ4v) is 3.24. The highest BCUT2D eigenvalue weighted by Gasteiger charge is 2.23. The van der Waals surface area contributed by atoms with Gasteiger partial charge in [0.15, 0.2) is 0 Å². The molecule has 0 spiro atoms. The predicted octanol–water partition coefficient (Wildman–Crippen LogP) is 4.16. The summed E-state index contributed by atoms with van der Waals surface area (Å²) in [6.45, 7) is 1.81. The molecule has 0 fully saturated rings. The Bertz CT molecular complexity index is 813. The molecule has 0 aliphatic carbocycles. The second-order valence-corrected chi connectivity index (χ2v) is 6.86. The summed E-state index contributed by atoms with van der Waals surface area (Å²) in [5, 5.41) is 5.38. The van der Waals surface area contributed by atoms with E-state index in [4.69, 9.17) is 11.6 Å². The molecule has 7 heteroatoms. The Morgan fingerprint density at radius 3 is 2.87 bits per heavy atom. The predicted molar refractivity (Wildman–Crippen MR) is 89.8 cm³/mol. The van der Waals surface area contributed by atoms with Crippen molar-refractivity contribution in [3.05, 3.63) is 52.8 Å². The first-order valence-electron chi connectivity index (χ1n) is 6.82. The molecule has 0 saturated heterocycles. The zero-order valence-electron chi connectivity index (χ0n) is 12.0. The first-order chi connectivity index (χ1) is 10.9. The largest absolute Gasteiger partial charge is 0.324 e. The Kier molecular flexibility index (Phi) is 4.28. The minimum atomic E-state index is -0.571. The maximum Gasteiger partial charge on any atom is 0.255 e. The lowest BCUT2D eigenvalue weighted by Crippen LogP contribution is -2.26. The molecular formula is C16H12ClFN2O2S. The third-order valence-corrected chi connectivity index (χ3v) is 4.76. The Balaban J connectivity index is 1.85. The molecule has 1 heterocycles. The number of hydrogen-bond acceptors (Lipinski definition) is 3. The third-order valence-electron chi connectivity index (χ3n) is 3.35. The lowest BCUT2D eigenvalue weighted by Gasteiger charge is -2.21. The number of amides is 2. The van der Waals surface area contributed by atoms with Crippen LogP contribution in [0.4, 0.5) is 15.8 Å². The number of benzene rings is 2. The zero-order valence-corrected chi connectivity index (χ0v) is 13.6. The van der Waals surface area contributed by atoms with Crippen molar-refractivity contribution >= 4 is 46.6 Å².